The second-order valence-electron chi connectivity index (χ2n) is 7.88. The van der Waals surface area contributed by atoms with Gasteiger partial charge in [0.05, 0.1) is 22.9 Å². The van der Waals surface area contributed by atoms with Crippen molar-refractivity contribution >= 4 is 34.5 Å². The molecule has 0 radical (unpaired) electrons. The van der Waals surface area contributed by atoms with Crippen molar-refractivity contribution in [3.8, 4) is 0 Å². The second kappa shape index (κ2) is 8.22. The third-order valence-electron chi connectivity index (χ3n) is 5.91. The van der Waals surface area contributed by atoms with Gasteiger partial charge in [0.15, 0.2) is 5.78 Å². The monoisotopic (exact) mass is 420 g/mol. The highest BCUT2D eigenvalue weighted by molar-refractivity contribution is 6.00. The fourth-order valence-corrected chi connectivity index (χ4v) is 4.02. The number of hydrogen-bond donors (Lipinski definition) is 1. The predicted molar refractivity (Wildman–Crippen MR) is 117 cm³/mol. The number of likely N-dealkylation sites (tertiary alicyclic amines) is 1. The smallest absolute Gasteiger partial charge is 0.335 e. The summed E-state index contributed by atoms with van der Waals surface area (Å²) in [6, 6.07) is 11.6. The summed E-state index contributed by atoms with van der Waals surface area (Å²) in [6.45, 7) is 0.957. The Labute approximate surface area is 179 Å². The molecule has 2 amide bonds. The van der Waals surface area contributed by atoms with Gasteiger partial charge in [-0.25, -0.2) is 14.6 Å². The van der Waals surface area contributed by atoms with Crippen LogP contribution in [0.5, 0.6) is 0 Å². The third-order valence-corrected chi connectivity index (χ3v) is 5.91. The number of amides is 2. The van der Waals surface area contributed by atoms with Crippen molar-refractivity contribution in [3.05, 3.63) is 59.9 Å². The molecule has 0 spiro atoms. The fourth-order valence-electron chi connectivity index (χ4n) is 4.02. The average Bonchev–Trinajstić information content (AvgIpc) is 3.17. The molecule has 3 aromatic rings. The minimum Gasteiger partial charge on any atom is -0.478 e. The van der Waals surface area contributed by atoms with Gasteiger partial charge >= 0.3 is 12.0 Å². The molecule has 0 saturated carbocycles. The summed E-state index contributed by atoms with van der Waals surface area (Å²) in [5, 5.41) is 9.16. The molecule has 1 N–H and O–H groups in total. The van der Waals surface area contributed by atoms with Gasteiger partial charge in [0.1, 0.15) is 0 Å². The SMILES string of the molecule is CN(C(=O)N1CCC(C(=O)c2ccc3ncn(C)c3c2)CC1)c1cccc(C(=O)O)c1. The highest BCUT2D eigenvalue weighted by Gasteiger charge is 2.30. The Morgan fingerprint density at radius 2 is 1.81 bits per heavy atom. The number of urea groups is 1. The van der Waals surface area contributed by atoms with Gasteiger partial charge in [0.25, 0.3) is 0 Å². The lowest BCUT2D eigenvalue weighted by molar-refractivity contribution is 0.0696. The Hall–Kier alpha value is -3.68. The van der Waals surface area contributed by atoms with Gasteiger partial charge in [-0.2, -0.15) is 0 Å². The molecule has 160 valence electrons. The molecule has 0 bridgehead atoms. The van der Waals surface area contributed by atoms with Crippen molar-refractivity contribution in [2.75, 3.05) is 25.0 Å². The molecule has 0 atom stereocenters. The summed E-state index contributed by atoms with van der Waals surface area (Å²) in [4.78, 5) is 44.5. The topological polar surface area (TPSA) is 95.7 Å². The number of hydrogen-bond acceptors (Lipinski definition) is 4. The lowest BCUT2D eigenvalue weighted by Crippen LogP contribution is -2.46. The van der Waals surface area contributed by atoms with Crippen molar-refractivity contribution < 1.29 is 19.5 Å². The number of carboxylic acids is 1. The van der Waals surface area contributed by atoms with Crippen LogP contribution in [-0.2, 0) is 7.05 Å². The predicted octanol–water partition coefficient (Wildman–Crippen LogP) is 3.42. The van der Waals surface area contributed by atoms with E-state index in [4.69, 9.17) is 5.11 Å². The number of aryl methyl sites for hydroxylation is 1. The summed E-state index contributed by atoms with van der Waals surface area (Å²) >= 11 is 0. The molecule has 8 heteroatoms. The maximum Gasteiger partial charge on any atom is 0.335 e. The van der Waals surface area contributed by atoms with Gasteiger partial charge in [0, 0.05) is 44.4 Å². The van der Waals surface area contributed by atoms with Gasteiger partial charge in [-0.1, -0.05) is 6.07 Å². The lowest BCUT2D eigenvalue weighted by Gasteiger charge is -2.34. The van der Waals surface area contributed by atoms with E-state index in [0.29, 0.717) is 37.2 Å². The van der Waals surface area contributed by atoms with Crippen molar-refractivity contribution in [3.63, 3.8) is 0 Å². The Morgan fingerprint density at radius 3 is 2.52 bits per heavy atom. The number of Topliss-reactive ketones (excluding diaryl/α,β-unsaturated/α-hetero) is 1. The van der Waals surface area contributed by atoms with Gasteiger partial charge in [-0.05, 0) is 49.2 Å². The number of benzene rings is 2. The average molecular weight is 420 g/mol. The Balaban J connectivity index is 1.41. The first-order valence-corrected chi connectivity index (χ1v) is 10.2. The lowest BCUT2D eigenvalue weighted by atomic mass is 9.89. The maximum absolute atomic E-state index is 13.0. The minimum atomic E-state index is -1.04. The van der Waals surface area contributed by atoms with Gasteiger partial charge in [-0.3, -0.25) is 9.69 Å². The fraction of sp³-hybridized carbons (Fsp3) is 0.304. The first kappa shape index (κ1) is 20.6. The number of fused-ring (bicyclic) bond motifs is 1. The van der Waals surface area contributed by atoms with E-state index in [2.05, 4.69) is 4.98 Å². The summed E-state index contributed by atoms with van der Waals surface area (Å²) in [5.41, 5.74) is 3.10. The highest BCUT2D eigenvalue weighted by Crippen LogP contribution is 2.25. The number of nitrogens with zero attached hydrogens (tertiary/aromatic N) is 4. The third kappa shape index (κ3) is 4.01. The number of aromatic nitrogens is 2. The zero-order valence-corrected chi connectivity index (χ0v) is 17.5. The van der Waals surface area contributed by atoms with E-state index in [1.165, 1.54) is 17.0 Å². The van der Waals surface area contributed by atoms with E-state index >= 15 is 0 Å². The minimum absolute atomic E-state index is 0.0951. The summed E-state index contributed by atoms with van der Waals surface area (Å²) in [7, 11) is 3.53. The number of aromatic carboxylic acids is 1. The molecule has 1 aromatic heterocycles. The standard InChI is InChI=1S/C23H24N4O4/c1-25-14-24-19-7-6-16(13-20(19)25)21(28)15-8-10-27(11-9-15)23(31)26(2)18-5-3-4-17(12-18)22(29)30/h3-7,12-15H,8-11H2,1-2H3,(H,29,30). The van der Waals surface area contributed by atoms with Gasteiger partial charge in [-0.15, -0.1) is 0 Å². The van der Waals surface area contributed by atoms with E-state index in [1.807, 2.05) is 29.8 Å². The molecule has 1 fully saturated rings. The first-order valence-electron chi connectivity index (χ1n) is 10.2. The van der Waals surface area contributed by atoms with Crippen molar-refractivity contribution in [1.82, 2.24) is 14.5 Å². The van der Waals surface area contributed by atoms with Gasteiger partial charge in [0.2, 0.25) is 0 Å². The van der Waals surface area contributed by atoms with Crippen LogP contribution in [0.3, 0.4) is 0 Å². The normalized spacial score (nSPS) is 14.6. The molecule has 4 rings (SSSR count). The zero-order valence-electron chi connectivity index (χ0n) is 17.5. The Morgan fingerprint density at radius 1 is 1.06 bits per heavy atom. The summed E-state index contributed by atoms with van der Waals surface area (Å²) < 4.78 is 1.89. The van der Waals surface area contributed by atoms with Crippen LogP contribution in [0.2, 0.25) is 0 Å². The van der Waals surface area contributed by atoms with E-state index in [9.17, 15) is 14.4 Å². The number of ketones is 1. The van der Waals surface area contributed by atoms with Crippen LogP contribution < -0.4 is 4.90 Å². The molecule has 0 aliphatic carbocycles. The van der Waals surface area contributed by atoms with Crippen LogP contribution in [0.4, 0.5) is 10.5 Å². The van der Waals surface area contributed by atoms with Crippen molar-refractivity contribution in [2.24, 2.45) is 13.0 Å². The van der Waals surface area contributed by atoms with E-state index in [-0.39, 0.29) is 23.3 Å². The van der Waals surface area contributed by atoms with Crippen LogP contribution in [0.1, 0.15) is 33.6 Å². The Bertz CT molecular complexity index is 1160. The maximum atomic E-state index is 13.0. The molecule has 2 aromatic carbocycles. The van der Waals surface area contributed by atoms with E-state index < -0.39 is 5.97 Å². The van der Waals surface area contributed by atoms with Crippen molar-refractivity contribution in [2.45, 2.75) is 12.8 Å². The van der Waals surface area contributed by atoms with Crippen LogP contribution >= 0.6 is 0 Å². The first-order chi connectivity index (χ1) is 14.8. The number of carboxylic acid groups (broad SMARTS) is 1. The van der Waals surface area contributed by atoms with E-state index in [0.717, 1.165) is 11.0 Å². The van der Waals surface area contributed by atoms with Gasteiger partial charge < -0.3 is 14.6 Å². The largest absolute Gasteiger partial charge is 0.478 e. The Kier molecular flexibility index (Phi) is 5.46. The number of carbonyl (C=O) groups is 3. The number of rotatable bonds is 4. The summed E-state index contributed by atoms with van der Waals surface area (Å²) in [6.07, 6.45) is 2.92. The molecule has 1 aliphatic rings. The number of imidazole rings is 1. The number of piperidine rings is 1. The molecular formula is C23H24N4O4. The van der Waals surface area contributed by atoms with Crippen LogP contribution in [0, 0.1) is 5.92 Å². The second-order valence-corrected chi connectivity index (χ2v) is 7.88. The van der Waals surface area contributed by atoms with Crippen molar-refractivity contribution in [1.29, 1.82) is 0 Å². The molecule has 1 aliphatic heterocycles. The quantitative estimate of drug-likeness (QED) is 0.653. The highest BCUT2D eigenvalue weighted by atomic mass is 16.4. The molecule has 1 saturated heterocycles. The molecule has 0 unspecified atom stereocenters. The summed E-state index contributed by atoms with van der Waals surface area (Å²) in [5.74, 6) is -1.07. The van der Waals surface area contributed by atoms with Crippen LogP contribution in [-0.4, -0.2) is 57.5 Å². The molecular weight excluding hydrogens is 396 g/mol. The number of carbonyl (C=O) groups excluding carboxylic acids is 2. The molecule has 31 heavy (non-hydrogen) atoms. The molecule has 8 nitrogen and oxygen atoms in total. The number of anilines is 1. The van der Waals surface area contributed by atoms with E-state index in [1.54, 1.807) is 30.4 Å². The van der Waals surface area contributed by atoms with Crippen LogP contribution in [0.25, 0.3) is 11.0 Å². The van der Waals surface area contributed by atoms with Crippen LogP contribution in [0.15, 0.2) is 48.8 Å². The zero-order chi connectivity index (χ0) is 22.1. The molecule has 2 heterocycles.